The Morgan fingerprint density at radius 3 is 2.45 bits per heavy atom. The Hall–Kier alpha value is -1.50. The van der Waals surface area contributed by atoms with Gasteiger partial charge in [0.05, 0.1) is 20.3 Å². The first-order valence-corrected chi connectivity index (χ1v) is 8.50. The average Bonchev–Trinajstić information content (AvgIpc) is 2.55. The molecule has 1 fully saturated rings. The fourth-order valence-electron chi connectivity index (χ4n) is 2.77. The predicted molar refractivity (Wildman–Crippen MR) is 88.7 cm³/mol. The molecule has 1 heterocycles. The molecule has 22 heavy (non-hydrogen) atoms. The van der Waals surface area contributed by atoms with Crippen molar-refractivity contribution in [1.82, 2.24) is 9.97 Å². The van der Waals surface area contributed by atoms with Crippen LogP contribution in [0.3, 0.4) is 0 Å². The normalized spacial score (nSPS) is 17.5. The van der Waals surface area contributed by atoms with E-state index in [4.69, 9.17) is 15.3 Å². The zero-order valence-corrected chi connectivity index (χ0v) is 14.0. The molecule has 0 amide bonds. The molecule has 0 aliphatic heterocycles. The van der Waals surface area contributed by atoms with Crippen LogP contribution < -0.4 is 15.3 Å². The van der Waals surface area contributed by atoms with E-state index in [0.29, 0.717) is 16.9 Å². The van der Waals surface area contributed by atoms with Crippen molar-refractivity contribution in [3.05, 3.63) is 6.07 Å². The highest BCUT2D eigenvalue weighted by Crippen LogP contribution is 2.33. The molecule has 1 aliphatic rings. The summed E-state index contributed by atoms with van der Waals surface area (Å²) in [5.74, 6) is 7.09. The molecular formula is C15H24N4O2S. The van der Waals surface area contributed by atoms with Gasteiger partial charge in [0.25, 0.3) is 0 Å². The standard InChI is InChI=1S/C15H24N4O2S/c1-20-13-9-14(21-2)19-15(18-13)22-12(10-17-16)8-11-6-4-3-5-7-11/h9-12H,3-8,16H2,1-2H3. The van der Waals surface area contributed by atoms with Gasteiger partial charge < -0.3 is 15.3 Å². The molecule has 2 N–H and O–H groups in total. The summed E-state index contributed by atoms with van der Waals surface area (Å²) >= 11 is 1.55. The number of hydrogen-bond donors (Lipinski definition) is 1. The number of nitrogens with zero attached hydrogens (tertiary/aromatic N) is 3. The molecule has 1 saturated carbocycles. The minimum atomic E-state index is 0.171. The highest BCUT2D eigenvalue weighted by Gasteiger charge is 2.20. The van der Waals surface area contributed by atoms with E-state index in [1.807, 2.05) is 0 Å². The van der Waals surface area contributed by atoms with Gasteiger partial charge in [0.1, 0.15) is 0 Å². The SMILES string of the molecule is COc1cc(OC)nc(SC(C=NN)CC2CCCCC2)n1. The van der Waals surface area contributed by atoms with Gasteiger partial charge in [-0.05, 0) is 12.3 Å². The first kappa shape index (κ1) is 16.9. The summed E-state index contributed by atoms with van der Waals surface area (Å²) in [6, 6.07) is 1.66. The van der Waals surface area contributed by atoms with Crippen LogP contribution in [0.15, 0.2) is 16.3 Å². The minimum absolute atomic E-state index is 0.171. The Morgan fingerprint density at radius 2 is 1.91 bits per heavy atom. The van der Waals surface area contributed by atoms with Crippen molar-refractivity contribution >= 4 is 18.0 Å². The number of ether oxygens (including phenoxy) is 2. The summed E-state index contributed by atoms with van der Waals surface area (Å²) in [5, 5.41) is 4.51. The zero-order chi connectivity index (χ0) is 15.8. The molecule has 1 atom stereocenters. The van der Waals surface area contributed by atoms with Gasteiger partial charge in [-0.3, -0.25) is 0 Å². The second-order valence-corrected chi connectivity index (χ2v) is 6.64. The fourth-order valence-corrected chi connectivity index (χ4v) is 3.82. The molecule has 7 heteroatoms. The maximum Gasteiger partial charge on any atom is 0.220 e. The topological polar surface area (TPSA) is 82.6 Å². The van der Waals surface area contributed by atoms with Crippen LogP contribution in [-0.2, 0) is 0 Å². The Kier molecular flexibility index (Phi) is 6.76. The highest BCUT2D eigenvalue weighted by atomic mass is 32.2. The second kappa shape index (κ2) is 8.82. The van der Waals surface area contributed by atoms with E-state index in [2.05, 4.69) is 15.1 Å². The minimum Gasteiger partial charge on any atom is -0.481 e. The van der Waals surface area contributed by atoms with Crippen LogP contribution in [0.5, 0.6) is 11.8 Å². The quantitative estimate of drug-likeness (QED) is 0.273. The first-order chi connectivity index (χ1) is 10.7. The summed E-state index contributed by atoms with van der Waals surface area (Å²) in [4.78, 5) is 8.72. The molecule has 0 aromatic carbocycles. The molecule has 0 radical (unpaired) electrons. The van der Waals surface area contributed by atoms with Gasteiger partial charge in [-0.1, -0.05) is 43.9 Å². The highest BCUT2D eigenvalue weighted by molar-refractivity contribution is 8.00. The lowest BCUT2D eigenvalue weighted by molar-refractivity contribution is 0.346. The van der Waals surface area contributed by atoms with E-state index < -0.39 is 0 Å². The van der Waals surface area contributed by atoms with Crippen LogP contribution in [0.4, 0.5) is 0 Å². The maximum atomic E-state index is 5.37. The number of hydrogen-bond acceptors (Lipinski definition) is 7. The lowest BCUT2D eigenvalue weighted by atomic mass is 9.86. The maximum absolute atomic E-state index is 5.37. The van der Waals surface area contributed by atoms with E-state index in [0.717, 1.165) is 12.3 Å². The molecule has 1 aromatic rings. The molecule has 1 unspecified atom stereocenters. The smallest absolute Gasteiger partial charge is 0.220 e. The van der Waals surface area contributed by atoms with Gasteiger partial charge >= 0.3 is 0 Å². The first-order valence-electron chi connectivity index (χ1n) is 7.62. The van der Waals surface area contributed by atoms with Crippen LogP contribution in [0, 0.1) is 5.92 Å². The van der Waals surface area contributed by atoms with E-state index in [1.165, 1.54) is 32.1 Å². The molecule has 0 saturated heterocycles. The van der Waals surface area contributed by atoms with Crippen molar-refractivity contribution in [3.63, 3.8) is 0 Å². The van der Waals surface area contributed by atoms with E-state index in [1.54, 1.807) is 38.3 Å². The molecule has 6 nitrogen and oxygen atoms in total. The Bertz CT molecular complexity index is 470. The van der Waals surface area contributed by atoms with Crippen LogP contribution in [0.25, 0.3) is 0 Å². The molecule has 0 spiro atoms. The van der Waals surface area contributed by atoms with Crippen LogP contribution in [0.1, 0.15) is 38.5 Å². The van der Waals surface area contributed by atoms with Crippen molar-refractivity contribution < 1.29 is 9.47 Å². The fraction of sp³-hybridized carbons (Fsp3) is 0.667. The monoisotopic (exact) mass is 324 g/mol. The van der Waals surface area contributed by atoms with E-state index in [9.17, 15) is 0 Å². The van der Waals surface area contributed by atoms with Gasteiger partial charge in [-0.15, -0.1) is 0 Å². The van der Waals surface area contributed by atoms with Crippen LogP contribution in [-0.4, -0.2) is 35.7 Å². The summed E-state index contributed by atoms with van der Waals surface area (Å²) in [6.07, 6.45) is 9.42. The third kappa shape index (κ3) is 5.05. The number of nitrogens with two attached hydrogens (primary N) is 1. The molecule has 1 aliphatic carbocycles. The van der Waals surface area contributed by atoms with Crippen molar-refractivity contribution in [1.29, 1.82) is 0 Å². The summed E-state index contributed by atoms with van der Waals surface area (Å²) in [7, 11) is 3.16. The second-order valence-electron chi connectivity index (χ2n) is 5.43. The van der Waals surface area contributed by atoms with Gasteiger partial charge in [-0.2, -0.15) is 15.1 Å². The third-order valence-corrected chi connectivity index (χ3v) is 4.89. The van der Waals surface area contributed by atoms with Gasteiger partial charge in [0, 0.05) is 11.5 Å². The lowest BCUT2D eigenvalue weighted by Crippen LogP contribution is -2.16. The summed E-state index contributed by atoms with van der Waals surface area (Å²) in [5.41, 5.74) is 0. The van der Waals surface area contributed by atoms with Crippen molar-refractivity contribution in [3.8, 4) is 11.8 Å². The van der Waals surface area contributed by atoms with Gasteiger partial charge in [0.2, 0.25) is 11.8 Å². The van der Waals surface area contributed by atoms with E-state index in [-0.39, 0.29) is 5.25 Å². The van der Waals surface area contributed by atoms with Crippen molar-refractivity contribution in [2.24, 2.45) is 16.9 Å². The largest absolute Gasteiger partial charge is 0.481 e. The van der Waals surface area contributed by atoms with Crippen LogP contribution >= 0.6 is 11.8 Å². The van der Waals surface area contributed by atoms with Gasteiger partial charge in [0.15, 0.2) is 5.16 Å². The van der Waals surface area contributed by atoms with Crippen molar-refractivity contribution in [2.45, 2.75) is 48.9 Å². The number of hydrazone groups is 1. The lowest BCUT2D eigenvalue weighted by Gasteiger charge is -2.24. The molecular weight excluding hydrogens is 300 g/mol. The molecule has 1 aromatic heterocycles. The third-order valence-electron chi connectivity index (χ3n) is 3.88. The molecule has 122 valence electrons. The Labute approximate surface area is 135 Å². The number of aromatic nitrogens is 2. The molecule has 0 bridgehead atoms. The Balaban J connectivity index is 2.06. The van der Waals surface area contributed by atoms with Crippen molar-refractivity contribution in [2.75, 3.05) is 14.2 Å². The van der Waals surface area contributed by atoms with Gasteiger partial charge in [-0.25, -0.2) is 0 Å². The predicted octanol–water partition coefficient (Wildman–Crippen LogP) is 2.87. The number of thioether (sulfide) groups is 1. The number of rotatable bonds is 7. The van der Waals surface area contributed by atoms with Crippen LogP contribution in [0.2, 0.25) is 0 Å². The zero-order valence-electron chi connectivity index (χ0n) is 13.2. The average molecular weight is 324 g/mol. The Morgan fingerprint density at radius 1 is 1.27 bits per heavy atom. The van der Waals surface area contributed by atoms with E-state index >= 15 is 0 Å². The number of methoxy groups -OCH3 is 2. The molecule has 2 rings (SSSR count). The summed E-state index contributed by atoms with van der Waals surface area (Å²) in [6.45, 7) is 0. The summed E-state index contributed by atoms with van der Waals surface area (Å²) < 4.78 is 10.4.